The summed E-state index contributed by atoms with van der Waals surface area (Å²) in [6.07, 6.45) is 1.25. The van der Waals surface area contributed by atoms with Crippen molar-refractivity contribution in [2.75, 3.05) is 21.1 Å². The van der Waals surface area contributed by atoms with Crippen LogP contribution in [0.3, 0.4) is 0 Å². The van der Waals surface area contributed by atoms with Gasteiger partial charge in [0, 0.05) is 25.0 Å². The molecular formula is C21H39N2Zn-. The van der Waals surface area contributed by atoms with Gasteiger partial charge >= 0.3 is 0 Å². The Morgan fingerprint density at radius 3 is 1.67 bits per heavy atom. The molecule has 0 aromatic heterocycles. The maximum absolute atomic E-state index is 4.56. The quantitative estimate of drug-likeness (QED) is 0.696. The predicted molar refractivity (Wildman–Crippen MR) is 108 cm³/mol. The molecule has 2 nitrogen and oxygen atoms in total. The van der Waals surface area contributed by atoms with Crippen molar-refractivity contribution in [1.82, 2.24) is 4.90 Å². The second-order valence-corrected chi connectivity index (χ2v) is 6.34. The number of hydrogen-bond donors (Lipinski definition) is 0. The molecule has 1 rings (SSSR count). The number of nitrogens with zero attached hydrogens (tertiary/aromatic N) is 2. The number of likely N-dealkylation sites (N-methyl/N-ethyl adjacent to an activating group) is 2. The van der Waals surface area contributed by atoms with Gasteiger partial charge in [-0.25, -0.2) is 0 Å². The average molecular weight is 385 g/mol. The molecule has 136 valence electrons. The molecule has 0 fully saturated rings. The molecular weight excluding hydrogens is 346 g/mol. The van der Waals surface area contributed by atoms with Gasteiger partial charge in [0.15, 0.2) is 0 Å². The van der Waals surface area contributed by atoms with E-state index in [4.69, 9.17) is 0 Å². The Bertz CT molecular complexity index is 531. The van der Waals surface area contributed by atoms with Crippen LogP contribution >= 0.6 is 0 Å². The zero-order valence-corrected chi connectivity index (χ0v) is 21.1. The van der Waals surface area contributed by atoms with E-state index < -0.39 is 0 Å². The molecule has 1 aromatic carbocycles. The first-order valence-corrected chi connectivity index (χ1v) is 8.71. The summed E-state index contributed by atoms with van der Waals surface area (Å²) in [6.45, 7) is 20.9. The Labute approximate surface area is 164 Å². The summed E-state index contributed by atoms with van der Waals surface area (Å²) in [5, 5.41) is 6.87. The molecule has 1 aromatic rings. The van der Waals surface area contributed by atoms with E-state index in [1.54, 1.807) is 0 Å². The van der Waals surface area contributed by atoms with E-state index in [0.717, 1.165) is 10.9 Å². The maximum Gasteiger partial charge on any atom is 0.0200 e. The van der Waals surface area contributed by atoms with Gasteiger partial charge in [-0.2, -0.15) is 0 Å². The Balaban J connectivity index is -0.000000660. The summed E-state index contributed by atoms with van der Waals surface area (Å²) in [6, 6.07) is 4.25. The maximum atomic E-state index is 4.56. The molecule has 0 radical (unpaired) electrons. The van der Waals surface area contributed by atoms with Crippen LogP contribution in [-0.2, 0) is 19.5 Å². The topological polar surface area (TPSA) is 17.3 Å². The summed E-state index contributed by atoms with van der Waals surface area (Å²) < 4.78 is 0. The molecule has 0 N–H and O–H groups in total. The third-order valence-electron chi connectivity index (χ3n) is 3.75. The van der Waals surface area contributed by atoms with Crippen LogP contribution in [0.1, 0.15) is 59.1 Å². The summed E-state index contributed by atoms with van der Waals surface area (Å²) in [4.78, 5) is 2.20. The predicted octanol–water partition coefficient (Wildman–Crippen LogP) is 4.61. The molecule has 0 unspecified atom stereocenters. The molecule has 0 heterocycles. The van der Waals surface area contributed by atoms with E-state index in [2.05, 4.69) is 84.6 Å². The van der Waals surface area contributed by atoms with Gasteiger partial charge in [-0.1, -0.05) is 52.8 Å². The van der Waals surface area contributed by atoms with Gasteiger partial charge in [0.25, 0.3) is 0 Å². The minimum absolute atomic E-state index is 0. The molecule has 0 saturated heterocycles. The van der Waals surface area contributed by atoms with E-state index in [1.807, 2.05) is 20.9 Å². The first-order valence-electron chi connectivity index (χ1n) is 8.71. The summed E-state index contributed by atoms with van der Waals surface area (Å²) >= 11 is 0. The number of benzene rings is 1. The Kier molecular flexibility index (Phi) is 16.0. The molecule has 0 saturated carbocycles. The van der Waals surface area contributed by atoms with Crippen LogP contribution in [0.25, 0.3) is 17.6 Å². The first-order chi connectivity index (χ1) is 10.6. The molecule has 0 aliphatic rings. The molecule has 0 amide bonds. The van der Waals surface area contributed by atoms with Crippen molar-refractivity contribution in [3.05, 3.63) is 39.0 Å². The zero-order valence-electron chi connectivity index (χ0n) is 18.2. The molecule has 0 atom stereocenters. The van der Waals surface area contributed by atoms with Crippen molar-refractivity contribution < 1.29 is 19.5 Å². The molecule has 0 spiro atoms. The first kappa shape index (κ1) is 28.2. The van der Waals surface area contributed by atoms with Crippen LogP contribution in [0.15, 0.2) is 12.1 Å². The summed E-state index contributed by atoms with van der Waals surface area (Å²) in [5.74, 6) is 0. The fourth-order valence-corrected chi connectivity index (χ4v) is 2.33. The van der Waals surface area contributed by atoms with Gasteiger partial charge in [0.2, 0.25) is 0 Å². The minimum atomic E-state index is -0.0903. The molecule has 0 aliphatic heterocycles. The second kappa shape index (κ2) is 13.6. The van der Waals surface area contributed by atoms with Crippen molar-refractivity contribution in [3.8, 4) is 0 Å². The second-order valence-electron chi connectivity index (χ2n) is 6.34. The SMILES string of the molecule is C=c1cc(C)c(=C([N-]C)C(C)(C)N(C)C)c(C)c1.CC.CCC.[Zn]. The standard InChI is InChI=1S/C16H25N2.C3H8.C2H6.Zn/c1-11-9-12(2)14(13(3)10-11)15(17-6)16(4,5)18(7)8;1-3-2;1-2;/h9-10H,1H2,2-8H3;3H2,1-2H3;1-2H3;/q-1;;;. The van der Waals surface area contributed by atoms with Gasteiger partial charge in [-0.05, 0) is 63.4 Å². The van der Waals surface area contributed by atoms with Crippen LogP contribution < -0.4 is 10.4 Å². The van der Waals surface area contributed by atoms with Gasteiger partial charge in [0.05, 0.1) is 0 Å². The normalized spacial score (nSPS) is 9.83. The summed E-state index contributed by atoms with van der Waals surface area (Å²) in [7, 11) is 6.05. The van der Waals surface area contributed by atoms with Crippen molar-refractivity contribution in [2.24, 2.45) is 0 Å². The summed E-state index contributed by atoms with van der Waals surface area (Å²) in [5.41, 5.74) is 3.53. The van der Waals surface area contributed by atoms with Crippen molar-refractivity contribution >= 4 is 12.3 Å². The van der Waals surface area contributed by atoms with Gasteiger partial charge in [-0.15, -0.1) is 12.7 Å². The van der Waals surface area contributed by atoms with Crippen LogP contribution in [0.5, 0.6) is 0 Å². The smallest absolute Gasteiger partial charge is 0.0200 e. The van der Waals surface area contributed by atoms with E-state index >= 15 is 0 Å². The number of rotatable bonds is 3. The average Bonchev–Trinajstić information content (AvgIpc) is 2.45. The van der Waals surface area contributed by atoms with E-state index in [-0.39, 0.29) is 25.0 Å². The largest absolute Gasteiger partial charge is 0.688 e. The monoisotopic (exact) mass is 383 g/mol. The minimum Gasteiger partial charge on any atom is -0.688 e. The van der Waals surface area contributed by atoms with Crippen LogP contribution in [-0.4, -0.2) is 31.6 Å². The van der Waals surface area contributed by atoms with E-state index in [9.17, 15) is 0 Å². The van der Waals surface area contributed by atoms with Crippen LogP contribution in [0.4, 0.5) is 0 Å². The third kappa shape index (κ3) is 7.94. The Morgan fingerprint density at radius 2 is 1.42 bits per heavy atom. The van der Waals surface area contributed by atoms with Gasteiger partial charge in [-0.3, -0.25) is 0 Å². The number of aryl methyl sites for hydroxylation is 2. The van der Waals surface area contributed by atoms with E-state index in [0.29, 0.717) is 0 Å². The third-order valence-corrected chi connectivity index (χ3v) is 3.75. The zero-order chi connectivity index (χ0) is 18.8. The van der Waals surface area contributed by atoms with Gasteiger partial charge < -0.3 is 10.2 Å². The fraction of sp³-hybridized carbons (Fsp3) is 0.619. The van der Waals surface area contributed by atoms with Crippen molar-refractivity contribution in [3.63, 3.8) is 0 Å². The fourth-order valence-electron chi connectivity index (χ4n) is 2.33. The Morgan fingerprint density at radius 1 is 1.08 bits per heavy atom. The molecule has 0 aliphatic carbocycles. The molecule has 3 heteroatoms. The molecule has 24 heavy (non-hydrogen) atoms. The molecule has 0 bridgehead atoms. The van der Waals surface area contributed by atoms with Crippen molar-refractivity contribution in [1.29, 1.82) is 0 Å². The van der Waals surface area contributed by atoms with Gasteiger partial charge in [0.1, 0.15) is 0 Å². The van der Waals surface area contributed by atoms with Crippen LogP contribution in [0.2, 0.25) is 0 Å². The van der Waals surface area contributed by atoms with E-state index in [1.165, 1.54) is 22.8 Å². The number of hydrogen-bond acceptors (Lipinski definition) is 1. The van der Waals surface area contributed by atoms with Crippen molar-refractivity contribution in [2.45, 2.75) is 67.3 Å². The Hall–Kier alpha value is -0.657. The van der Waals surface area contributed by atoms with Crippen LogP contribution in [0, 0.1) is 13.8 Å².